The molecule has 0 aromatic carbocycles. The van der Waals surface area contributed by atoms with Gasteiger partial charge in [0.15, 0.2) is 0 Å². The summed E-state index contributed by atoms with van der Waals surface area (Å²) >= 11 is 0. The smallest absolute Gasteiger partial charge is 0.408 e. The molecule has 0 rings (SSSR count). The number of oxime groups is 1. The Kier molecular flexibility index (Phi) is 2.39. The predicted octanol–water partition coefficient (Wildman–Crippen LogP) is -0.111. The van der Waals surface area contributed by atoms with Crippen LogP contribution in [0.4, 0.5) is 4.79 Å². The molecule has 0 heterocycles. The van der Waals surface area contributed by atoms with Gasteiger partial charge >= 0.3 is 6.09 Å². The average molecular weight is 118 g/mol. The molecule has 0 aliphatic carbocycles. The summed E-state index contributed by atoms with van der Waals surface area (Å²) in [5, 5.41) is 10.4. The Bertz CT molecular complexity index is 120. The highest BCUT2D eigenvalue weighted by atomic mass is 16.6. The van der Waals surface area contributed by atoms with Gasteiger partial charge < -0.3 is 15.7 Å². The Morgan fingerprint density at radius 3 is 2.50 bits per heavy atom. The van der Waals surface area contributed by atoms with Gasteiger partial charge in [-0.1, -0.05) is 5.16 Å². The maximum atomic E-state index is 9.78. The Hall–Kier alpha value is -1.26. The second kappa shape index (κ2) is 2.84. The van der Waals surface area contributed by atoms with Crippen molar-refractivity contribution in [2.75, 3.05) is 0 Å². The molecular formula is C3H6N2O3. The summed E-state index contributed by atoms with van der Waals surface area (Å²) in [5.74, 6) is -0.169. The van der Waals surface area contributed by atoms with E-state index in [4.69, 9.17) is 5.21 Å². The molecule has 0 atom stereocenters. The number of primary amides is 1. The van der Waals surface area contributed by atoms with E-state index in [9.17, 15) is 4.79 Å². The summed E-state index contributed by atoms with van der Waals surface area (Å²) in [6.07, 6.45) is -0.986. The van der Waals surface area contributed by atoms with E-state index in [2.05, 4.69) is 15.6 Å². The zero-order valence-corrected chi connectivity index (χ0v) is 4.29. The quantitative estimate of drug-likeness (QED) is 0.201. The first-order valence-electron chi connectivity index (χ1n) is 1.82. The van der Waals surface area contributed by atoms with E-state index in [0.717, 1.165) is 0 Å². The second-order valence-corrected chi connectivity index (χ2v) is 1.04. The molecule has 0 unspecified atom stereocenters. The number of amides is 1. The van der Waals surface area contributed by atoms with Crippen LogP contribution in [0.15, 0.2) is 5.16 Å². The third-order valence-corrected chi connectivity index (χ3v) is 0.389. The van der Waals surface area contributed by atoms with Gasteiger partial charge in [-0.05, 0) is 0 Å². The molecule has 5 nitrogen and oxygen atoms in total. The van der Waals surface area contributed by atoms with Crippen LogP contribution < -0.4 is 5.73 Å². The van der Waals surface area contributed by atoms with Crippen molar-refractivity contribution in [1.82, 2.24) is 0 Å². The van der Waals surface area contributed by atoms with Crippen LogP contribution in [-0.4, -0.2) is 17.2 Å². The van der Waals surface area contributed by atoms with Crippen LogP contribution in [0.25, 0.3) is 0 Å². The fourth-order valence-electron chi connectivity index (χ4n) is 0.166. The summed E-state index contributed by atoms with van der Waals surface area (Å²) in [5.41, 5.74) is 4.52. The number of hydrogen-bond donors (Lipinski definition) is 2. The van der Waals surface area contributed by atoms with Crippen LogP contribution in [0, 0.1) is 0 Å². The first kappa shape index (κ1) is 6.74. The second-order valence-electron chi connectivity index (χ2n) is 1.04. The maximum absolute atomic E-state index is 9.78. The number of nitrogens with two attached hydrogens (primary N) is 1. The zero-order valence-electron chi connectivity index (χ0n) is 4.29. The van der Waals surface area contributed by atoms with Crippen molar-refractivity contribution < 1.29 is 14.7 Å². The predicted molar refractivity (Wildman–Crippen MR) is 25.6 cm³/mol. The van der Waals surface area contributed by atoms with Crippen molar-refractivity contribution in [1.29, 1.82) is 0 Å². The third kappa shape index (κ3) is 2.95. The Balaban J connectivity index is 3.56. The summed E-state index contributed by atoms with van der Waals surface area (Å²) in [4.78, 5) is 9.78. The molecule has 0 spiro atoms. The van der Waals surface area contributed by atoms with Crippen molar-refractivity contribution >= 4 is 12.0 Å². The van der Waals surface area contributed by atoms with Gasteiger partial charge in [-0.25, -0.2) is 4.79 Å². The van der Waals surface area contributed by atoms with E-state index in [1.165, 1.54) is 6.92 Å². The minimum Gasteiger partial charge on any atom is -0.408 e. The number of rotatable bonds is 0. The molecule has 0 aromatic rings. The van der Waals surface area contributed by atoms with Gasteiger partial charge in [0, 0.05) is 6.92 Å². The third-order valence-electron chi connectivity index (χ3n) is 0.389. The van der Waals surface area contributed by atoms with Crippen LogP contribution in [-0.2, 0) is 4.74 Å². The van der Waals surface area contributed by atoms with E-state index in [1.807, 2.05) is 0 Å². The molecule has 0 bridgehead atoms. The molecule has 0 saturated carbocycles. The number of carbonyl (C=O) groups excluding carboxylic acids is 1. The number of carbonyl (C=O) groups is 1. The lowest BCUT2D eigenvalue weighted by atomic mass is 10.8. The van der Waals surface area contributed by atoms with Crippen molar-refractivity contribution in [2.45, 2.75) is 6.92 Å². The fraction of sp³-hybridized carbons (Fsp3) is 0.333. The van der Waals surface area contributed by atoms with Gasteiger partial charge in [-0.15, -0.1) is 0 Å². The minimum absolute atomic E-state index is 0.169. The van der Waals surface area contributed by atoms with Crippen LogP contribution in [0.2, 0.25) is 0 Å². The molecule has 1 amide bonds. The molecular weight excluding hydrogens is 112 g/mol. The molecule has 0 saturated heterocycles. The van der Waals surface area contributed by atoms with Gasteiger partial charge in [0.2, 0.25) is 5.90 Å². The molecule has 8 heavy (non-hydrogen) atoms. The first-order chi connectivity index (χ1) is 3.66. The number of ether oxygens (including phenoxy) is 1. The topological polar surface area (TPSA) is 84.9 Å². The van der Waals surface area contributed by atoms with Crippen LogP contribution in [0.3, 0.4) is 0 Å². The van der Waals surface area contributed by atoms with E-state index < -0.39 is 6.09 Å². The summed E-state index contributed by atoms with van der Waals surface area (Å²) in [6.45, 7) is 1.30. The molecule has 5 heteroatoms. The van der Waals surface area contributed by atoms with Crippen molar-refractivity contribution in [2.24, 2.45) is 10.9 Å². The van der Waals surface area contributed by atoms with Gasteiger partial charge in [-0.3, -0.25) is 0 Å². The standard InChI is InChI=1S/C3H6N2O3/c1-2(5-7)8-3(4)6/h7H,1H3,(H2,4,6). The van der Waals surface area contributed by atoms with E-state index in [-0.39, 0.29) is 5.90 Å². The normalized spacial score (nSPS) is 10.9. The van der Waals surface area contributed by atoms with Crippen LogP contribution in [0.5, 0.6) is 0 Å². The van der Waals surface area contributed by atoms with Crippen molar-refractivity contribution in [3.63, 3.8) is 0 Å². The van der Waals surface area contributed by atoms with Crippen molar-refractivity contribution in [3.05, 3.63) is 0 Å². The summed E-state index contributed by atoms with van der Waals surface area (Å²) in [7, 11) is 0. The average Bonchev–Trinajstić information content (AvgIpc) is 1.65. The highest BCUT2D eigenvalue weighted by Gasteiger charge is 1.94. The van der Waals surface area contributed by atoms with Gasteiger partial charge in [0.1, 0.15) is 0 Å². The molecule has 0 aliphatic heterocycles. The maximum Gasteiger partial charge on any atom is 0.411 e. The molecule has 0 aromatic heterocycles. The highest BCUT2D eigenvalue weighted by molar-refractivity contribution is 5.85. The molecule has 0 fully saturated rings. The Morgan fingerprint density at radius 1 is 1.88 bits per heavy atom. The van der Waals surface area contributed by atoms with E-state index >= 15 is 0 Å². The highest BCUT2D eigenvalue weighted by Crippen LogP contribution is 1.76. The van der Waals surface area contributed by atoms with Gasteiger partial charge in [0.05, 0.1) is 0 Å². The van der Waals surface area contributed by atoms with Crippen LogP contribution >= 0.6 is 0 Å². The zero-order chi connectivity index (χ0) is 6.57. The van der Waals surface area contributed by atoms with E-state index in [1.54, 1.807) is 0 Å². The molecule has 3 N–H and O–H groups in total. The minimum atomic E-state index is -0.986. The molecule has 46 valence electrons. The molecule has 0 radical (unpaired) electrons. The number of hydrogen-bond acceptors (Lipinski definition) is 4. The van der Waals surface area contributed by atoms with Gasteiger partial charge in [-0.2, -0.15) is 0 Å². The molecule has 0 aliphatic rings. The number of nitrogens with zero attached hydrogens (tertiary/aromatic N) is 1. The Labute approximate surface area is 45.7 Å². The summed E-state index contributed by atoms with van der Waals surface area (Å²) in [6, 6.07) is 0. The SMILES string of the molecule is CC(=NO)OC(N)=O. The van der Waals surface area contributed by atoms with E-state index in [0.29, 0.717) is 0 Å². The van der Waals surface area contributed by atoms with Crippen LogP contribution in [0.1, 0.15) is 6.92 Å². The first-order valence-corrected chi connectivity index (χ1v) is 1.82. The largest absolute Gasteiger partial charge is 0.411 e. The lowest BCUT2D eigenvalue weighted by Gasteiger charge is -1.92. The lowest BCUT2D eigenvalue weighted by Crippen LogP contribution is -2.16. The fourth-order valence-corrected chi connectivity index (χ4v) is 0.166. The van der Waals surface area contributed by atoms with Gasteiger partial charge in [0.25, 0.3) is 0 Å². The lowest BCUT2D eigenvalue weighted by molar-refractivity contribution is 0.202. The monoisotopic (exact) mass is 118 g/mol. The Morgan fingerprint density at radius 2 is 2.38 bits per heavy atom. The van der Waals surface area contributed by atoms with Crippen molar-refractivity contribution in [3.8, 4) is 0 Å². The summed E-state index contributed by atoms with van der Waals surface area (Å²) < 4.78 is 4.04.